The van der Waals surface area contributed by atoms with Crippen molar-refractivity contribution in [3.8, 4) is 6.07 Å². The molecular formula is C13H18N4. The van der Waals surface area contributed by atoms with Gasteiger partial charge in [-0.25, -0.2) is 4.99 Å². The van der Waals surface area contributed by atoms with Gasteiger partial charge in [0.1, 0.15) is 0 Å². The van der Waals surface area contributed by atoms with Crippen LogP contribution in [0.2, 0.25) is 0 Å². The summed E-state index contributed by atoms with van der Waals surface area (Å²) >= 11 is 0. The van der Waals surface area contributed by atoms with Crippen molar-refractivity contribution in [1.29, 1.82) is 5.26 Å². The van der Waals surface area contributed by atoms with Crippen molar-refractivity contribution in [2.24, 2.45) is 10.7 Å². The lowest BCUT2D eigenvalue weighted by molar-refractivity contribution is 0.581. The van der Waals surface area contributed by atoms with Gasteiger partial charge < -0.3 is 10.6 Å². The lowest BCUT2D eigenvalue weighted by atomic mass is 10.1. The van der Waals surface area contributed by atoms with Crippen molar-refractivity contribution >= 4 is 11.6 Å². The molecule has 17 heavy (non-hydrogen) atoms. The summed E-state index contributed by atoms with van der Waals surface area (Å²) in [6.07, 6.45) is 0. The van der Waals surface area contributed by atoms with Crippen molar-refractivity contribution in [3.05, 3.63) is 29.8 Å². The molecule has 0 atom stereocenters. The molecular weight excluding hydrogens is 212 g/mol. The topological polar surface area (TPSA) is 65.4 Å². The summed E-state index contributed by atoms with van der Waals surface area (Å²) in [7, 11) is 1.85. The van der Waals surface area contributed by atoms with Gasteiger partial charge in [-0.05, 0) is 45.0 Å². The lowest BCUT2D eigenvalue weighted by Crippen LogP contribution is -2.36. The first kappa shape index (κ1) is 13.0. The van der Waals surface area contributed by atoms with E-state index < -0.39 is 0 Å². The van der Waals surface area contributed by atoms with E-state index in [0.29, 0.717) is 11.5 Å². The molecule has 0 fully saturated rings. The average Bonchev–Trinajstić information content (AvgIpc) is 2.26. The summed E-state index contributed by atoms with van der Waals surface area (Å²) in [5, 5.41) is 8.72. The maximum Gasteiger partial charge on any atom is 0.196 e. The van der Waals surface area contributed by atoms with Gasteiger partial charge in [-0.1, -0.05) is 0 Å². The molecule has 1 aromatic rings. The van der Waals surface area contributed by atoms with Crippen molar-refractivity contribution in [1.82, 2.24) is 0 Å². The van der Waals surface area contributed by atoms with E-state index in [9.17, 15) is 0 Å². The predicted molar refractivity (Wildman–Crippen MR) is 70.9 cm³/mol. The fourth-order valence-electron chi connectivity index (χ4n) is 1.31. The molecule has 4 nitrogen and oxygen atoms in total. The van der Waals surface area contributed by atoms with Gasteiger partial charge in [-0.2, -0.15) is 5.26 Å². The molecule has 0 aromatic heterocycles. The normalized spacial score (nSPS) is 12.1. The second-order valence-corrected chi connectivity index (χ2v) is 4.86. The van der Waals surface area contributed by atoms with E-state index in [1.165, 1.54) is 0 Å². The minimum Gasteiger partial charge on any atom is -0.370 e. The monoisotopic (exact) mass is 230 g/mol. The zero-order valence-corrected chi connectivity index (χ0v) is 10.7. The highest BCUT2D eigenvalue weighted by Gasteiger charge is 2.11. The number of nitrogens with two attached hydrogens (primary N) is 1. The van der Waals surface area contributed by atoms with Crippen molar-refractivity contribution in [3.63, 3.8) is 0 Å². The van der Waals surface area contributed by atoms with Crippen LogP contribution in [0.15, 0.2) is 29.3 Å². The number of benzene rings is 1. The number of hydrogen-bond acceptors (Lipinski definition) is 2. The van der Waals surface area contributed by atoms with E-state index in [0.717, 1.165) is 5.69 Å². The largest absolute Gasteiger partial charge is 0.370 e. The molecule has 0 saturated carbocycles. The molecule has 0 amide bonds. The molecule has 1 aromatic carbocycles. The van der Waals surface area contributed by atoms with Gasteiger partial charge in [0.2, 0.25) is 0 Å². The molecule has 0 radical (unpaired) electrons. The molecule has 0 spiro atoms. The van der Waals surface area contributed by atoms with E-state index in [1.807, 2.05) is 40.0 Å². The van der Waals surface area contributed by atoms with Crippen LogP contribution in [0, 0.1) is 11.3 Å². The Hall–Kier alpha value is -2.02. The first-order chi connectivity index (χ1) is 7.83. The van der Waals surface area contributed by atoms with Crippen LogP contribution in [0.1, 0.15) is 26.3 Å². The number of anilines is 1. The zero-order chi connectivity index (χ0) is 13.1. The summed E-state index contributed by atoms with van der Waals surface area (Å²) in [4.78, 5) is 6.18. The Kier molecular flexibility index (Phi) is 3.74. The number of aliphatic imine (C=N–C) groups is 1. The van der Waals surface area contributed by atoms with Gasteiger partial charge in [0.15, 0.2) is 5.96 Å². The van der Waals surface area contributed by atoms with E-state index >= 15 is 0 Å². The number of hydrogen-bond donors (Lipinski definition) is 1. The second kappa shape index (κ2) is 4.88. The number of guanidine groups is 1. The van der Waals surface area contributed by atoms with Crippen LogP contribution in [0.5, 0.6) is 0 Å². The summed E-state index contributed by atoms with van der Waals surface area (Å²) < 4.78 is 0. The fraction of sp³-hybridized carbons (Fsp3) is 0.385. The zero-order valence-electron chi connectivity index (χ0n) is 10.7. The lowest BCUT2D eigenvalue weighted by Gasteiger charge is -2.22. The Balaban J connectivity index is 2.93. The van der Waals surface area contributed by atoms with E-state index in [-0.39, 0.29) is 5.54 Å². The van der Waals surface area contributed by atoms with E-state index in [1.54, 1.807) is 17.0 Å². The molecule has 0 aliphatic heterocycles. The maximum absolute atomic E-state index is 8.72. The van der Waals surface area contributed by atoms with Gasteiger partial charge >= 0.3 is 0 Å². The van der Waals surface area contributed by atoms with Crippen molar-refractivity contribution < 1.29 is 0 Å². The Bertz CT molecular complexity index is 446. The third-order valence-corrected chi connectivity index (χ3v) is 2.18. The van der Waals surface area contributed by atoms with Crippen molar-refractivity contribution in [2.75, 3.05) is 11.9 Å². The highest BCUT2D eigenvalue weighted by Crippen LogP contribution is 2.14. The van der Waals surface area contributed by atoms with E-state index in [2.05, 4.69) is 11.1 Å². The second-order valence-electron chi connectivity index (χ2n) is 4.86. The number of rotatable bonds is 1. The van der Waals surface area contributed by atoms with Gasteiger partial charge in [0.25, 0.3) is 0 Å². The third-order valence-electron chi connectivity index (χ3n) is 2.18. The molecule has 90 valence electrons. The number of nitrogens with zero attached hydrogens (tertiary/aromatic N) is 3. The smallest absolute Gasteiger partial charge is 0.196 e. The predicted octanol–water partition coefficient (Wildman–Crippen LogP) is 2.11. The Morgan fingerprint density at radius 2 is 1.82 bits per heavy atom. The number of nitriles is 1. The molecule has 2 N–H and O–H groups in total. The first-order valence-corrected chi connectivity index (χ1v) is 5.43. The molecule has 0 aliphatic rings. The molecule has 0 bridgehead atoms. The van der Waals surface area contributed by atoms with Crippen LogP contribution in [-0.4, -0.2) is 18.5 Å². The van der Waals surface area contributed by atoms with Crippen LogP contribution < -0.4 is 10.6 Å². The van der Waals surface area contributed by atoms with Gasteiger partial charge in [0, 0.05) is 12.7 Å². The summed E-state index contributed by atoms with van der Waals surface area (Å²) in [5.74, 6) is 0.460. The highest BCUT2D eigenvalue weighted by molar-refractivity contribution is 5.94. The molecule has 4 heteroatoms. The van der Waals surface area contributed by atoms with Gasteiger partial charge in [-0.3, -0.25) is 0 Å². The Labute approximate surface area is 102 Å². The quantitative estimate of drug-likeness (QED) is 0.593. The highest BCUT2D eigenvalue weighted by atomic mass is 15.2. The summed E-state index contributed by atoms with van der Waals surface area (Å²) in [6.45, 7) is 5.98. The molecule has 0 aliphatic carbocycles. The molecule has 0 unspecified atom stereocenters. The average molecular weight is 230 g/mol. The standard InChI is InChI=1S/C13H18N4/c1-13(2,3)16-12(15)17(4)11-7-5-10(9-14)6-8-11/h5-8H,1-4H3,(H2,15,16). The third kappa shape index (κ3) is 3.80. The molecule has 0 saturated heterocycles. The van der Waals surface area contributed by atoms with Crippen LogP contribution in [0.4, 0.5) is 5.69 Å². The molecule has 1 rings (SSSR count). The van der Waals surface area contributed by atoms with E-state index in [4.69, 9.17) is 11.0 Å². The first-order valence-electron chi connectivity index (χ1n) is 5.43. The van der Waals surface area contributed by atoms with Crippen molar-refractivity contribution in [2.45, 2.75) is 26.3 Å². The summed E-state index contributed by atoms with van der Waals surface area (Å²) in [5.41, 5.74) is 7.26. The van der Waals surface area contributed by atoms with Gasteiger partial charge in [-0.15, -0.1) is 0 Å². The van der Waals surface area contributed by atoms with Crippen LogP contribution in [0.3, 0.4) is 0 Å². The van der Waals surface area contributed by atoms with Crippen LogP contribution >= 0.6 is 0 Å². The maximum atomic E-state index is 8.72. The van der Waals surface area contributed by atoms with Crippen LogP contribution in [-0.2, 0) is 0 Å². The summed E-state index contributed by atoms with van der Waals surface area (Å²) in [6, 6.07) is 9.30. The Morgan fingerprint density at radius 3 is 2.24 bits per heavy atom. The minimum atomic E-state index is -0.203. The minimum absolute atomic E-state index is 0.203. The SMILES string of the molecule is CN(C(N)=NC(C)(C)C)c1ccc(C#N)cc1. The van der Waals surface area contributed by atoms with Gasteiger partial charge in [0.05, 0.1) is 17.2 Å². The Morgan fingerprint density at radius 1 is 1.29 bits per heavy atom. The fourth-order valence-corrected chi connectivity index (χ4v) is 1.31. The molecule has 0 heterocycles. The van der Waals surface area contributed by atoms with Crippen LogP contribution in [0.25, 0.3) is 0 Å².